The first-order valence-electron chi connectivity index (χ1n) is 13.7. The minimum Gasteiger partial charge on any atom is -0.392 e. The van der Waals surface area contributed by atoms with Crippen molar-refractivity contribution in [3.8, 4) is 0 Å². The molecule has 3 fully saturated rings. The van der Waals surface area contributed by atoms with Crippen LogP contribution in [-0.2, 0) is 4.79 Å². The van der Waals surface area contributed by atoms with Crippen LogP contribution in [0.4, 0.5) is 0 Å². The molecule has 0 aromatic rings. The van der Waals surface area contributed by atoms with Crippen molar-refractivity contribution in [2.75, 3.05) is 6.61 Å². The Morgan fingerprint density at radius 1 is 1.11 bits per heavy atom. The van der Waals surface area contributed by atoms with Gasteiger partial charge in [0.1, 0.15) is 0 Å². The van der Waals surface area contributed by atoms with Crippen LogP contribution in [0.3, 0.4) is 0 Å². The van der Waals surface area contributed by atoms with E-state index in [0.717, 1.165) is 0 Å². The fraction of sp³-hybridized carbons (Fsp3) is 0.828. The number of carbonyl (C=O) groups excluding carboxylic acids is 1. The summed E-state index contributed by atoms with van der Waals surface area (Å²) in [7, 11) is 0. The van der Waals surface area contributed by atoms with E-state index in [2.05, 4.69) is 0 Å². The van der Waals surface area contributed by atoms with Gasteiger partial charge < -0.3 is 35.7 Å². The molecule has 210 valence electrons. The maximum absolute atomic E-state index is 13.3. The first kappa shape index (κ1) is 28.9. The molecule has 4 rings (SSSR count). The van der Waals surface area contributed by atoms with Gasteiger partial charge in [-0.15, -0.1) is 0 Å². The first-order valence-corrected chi connectivity index (χ1v) is 13.7. The lowest BCUT2D eigenvalue weighted by molar-refractivity contribution is -0.175. The van der Waals surface area contributed by atoms with E-state index in [4.69, 9.17) is 0 Å². The predicted octanol–water partition coefficient (Wildman–Crippen LogP) is 1.38. The fourth-order valence-corrected chi connectivity index (χ4v) is 8.65. The highest BCUT2D eigenvalue weighted by atomic mass is 16.3. The summed E-state index contributed by atoms with van der Waals surface area (Å²) in [5, 5.41) is 75.9. The number of aliphatic hydroxyl groups excluding tert-OH is 4. The van der Waals surface area contributed by atoms with E-state index in [-0.39, 0.29) is 37.6 Å². The van der Waals surface area contributed by atoms with Gasteiger partial charge >= 0.3 is 0 Å². The van der Waals surface area contributed by atoms with E-state index in [1.807, 2.05) is 13.8 Å². The van der Waals surface area contributed by atoms with Crippen molar-refractivity contribution in [3.05, 3.63) is 23.3 Å². The third-order valence-electron chi connectivity index (χ3n) is 11.0. The van der Waals surface area contributed by atoms with Crippen molar-refractivity contribution in [3.63, 3.8) is 0 Å². The fourth-order valence-electron chi connectivity index (χ4n) is 8.65. The van der Waals surface area contributed by atoms with E-state index in [0.29, 0.717) is 36.8 Å². The molecule has 0 amide bonds. The molecule has 0 aromatic heterocycles. The molecule has 0 saturated heterocycles. The molecule has 4 aliphatic rings. The van der Waals surface area contributed by atoms with Crippen LogP contribution in [0.15, 0.2) is 23.3 Å². The van der Waals surface area contributed by atoms with Crippen LogP contribution >= 0.6 is 0 Å². The number of allylic oxidation sites excluding steroid dienone is 1. The summed E-state index contributed by atoms with van der Waals surface area (Å²) < 4.78 is 0. The van der Waals surface area contributed by atoms with Crippen molar-refractivity contribution < 1.29 is 40.5 Å². The molecule has 0 aliphatic heterocycles. The zero-order valence-electron chi connectivity index (χ0n) is 22.8. The smallest absolute Gasteiger partial charge is 0.159 e. The SMILES string of the molecule is CC(C)(O)/C(=C\CO)C[C@@H](O)[C@](C)(O)[C@H]1CC[C@@]2(O)C3=CC(=O)[C@@H]4C[C@@H](O)[C@@H](O)C[C@]4(C)[C@H]3CC[C@]12C. The number of hydrogen-bond acceptors (Lipinski definition) is 8. The zero-order chi connectivity index (χ0) is 27.8. The van der Waals surface area contributed by atoms with Gasteiger partial charge in [0, 0.05) is 11.3 Å². The highest BCUT2D eigenvalue weighted by Gasteiger charge is 2.69. The minimum atomic E-state index is -1.61. The number of carbonyl (C=O) groups is 1. The molecule has 0 aromatic carbocycles. The summed E-state index contributed by atoms with van der Waals surface area (Å²) in [6.07, 6.45) is 2.39. The zero-order valence-corrected chi connectivity index (χ0v) is 22.8. The molecule has 0 spiro atoms. The average molecular weight is 523 g/mol. The van der Waals surface area contributed by atoms with Crippen LogP contribution in [0.25, 0.3) is 0 Å². The van der Waals surface area contributed by atoms with Crippen molar-refractivity contribution in [1.29, 1.82) is 0 Å². The lowest BCUT2D eigenvalue weighted by atomic mass is 9.45. The van der Waals surface area contributed by atoms with E-state index >= 15 is 0 Å². The van der Waals surface area contributed by atoms with Crippen molar-refractivity contribution >= 4 is 5.78 Å². The molecule has 3 saturated carbocycles. The Balaban J connectivity index is 1.67. The normalized spacial score (nSPS) is 44.9. The Bertz CT molecular complexity index is 979. The maximum atomic E-state index is 13.3. The van der Waals surface area contributed by atoms with E-state index in [9.17, 15) is 40.5 Å². The van der Waals surface area contributed by atoms with Crippen LogP contribution in [-0.4, -0.2) is 83.3 Å². The third kappa shape index (κ3) is 4.28. The van der Waals surface area contributed by atoms with Crippen molar-refractivity contribution in [2.24, 2.45) is 28.6 Å². The molecular weight excluding hydrogens is 476 g/mol. The minimum absolute atomic E-state index is 0.0359. The molecule has 0 radical (unpaired) electrons. The summed E-state index contributed by atoms with van der Waals surface area (Å²) in [5.74, 6) is -1.15. The van der Waals surface area contributed by atoms with Crippen LogP contribution in [0.1, 0.15) is 79.6 Å². The van der Waals surface area contributed by atoms with Gasteiger partial charge in [-0.25, -0.2) is 0 Å². The molecule has 7 N–H and O–H groups in total. The highest BCUT2D eigenvalue weighted by Crippen LogP contribution is 2.68. The van der Waals surface area contributed by atoms with E-state index in [1.165, 1.54) is 6.08 Å². The Morgan fingerprint density at radius 2 is 1.76 bits per heavy atom. The maximum Gasteiger partial charge on any atom is 0.159 e. The predicted molar refractivity (Wildman–Crippen MR) is 137 cm³/mol. The molecule has 37 heavy (non-hydrogen) atoms. The Labute approximate surface area is 219 Å². The summed E-state index contributed by atoms with van der Waals surface area (Å²) >= 11 is 0. The van der Waals surface area contributed by atoms with Crippen molar-refractivity contribution in [2.45, 2.75) is 115 Å². The molecular formula is C29H46O8. The first-order chi connectivity index (χ1) is 16.9. The number of hydrogen-bond donors (Lipinski definition) is 7. The van der Waals surface area contributed by atoms with Crippen LogP contribution in [0.2, 0.25) is 0 Å². The third-order valence-corrected chi connectivity index (χ3v) is 11.0. The van der Waals surface area contributed by atoms with Gasteiger partial charge in [0.2, 0.25) is 0 Å². The van der Waals surface area contributed by atoms with Crippen LogP contribution in [0, 0.1) is 28.6 Å². The largest absolute Gasteiger partial charge is 0.392 e. The molecule has 0 unspecified atom stereocenters. The summed E-state index contributed by atoms with van der Waals surface area (Å²) in [4.78, 5) is 13.3. The molecule has 4 aliphatic carbocycles. The van der Waals surface area contributed by atoms with Gasteiger partial charge in [0.05, 0.1) is 41.7 Å². The van der Waals surface area contributed by atoms with Gasteiger partial charge in [0.25, 0.3) is 0 Å². The lowest BCUT2D eigenvalue weighted by Crippen LogP contribution is -2.62. The van der Waals surface area contributed by atoms with Gasteiger partial charge in [0.15, 0.2) is 5.78 Å². The Morgan fingerprint density at radius 3 is 2.35 bits per heavy atom. The van der Waals surface area contributed by atoms with E-state index < -0.39 is 57.8 Å². The molecule has 8 nitrogen and oxygen atoms in total. The summed E-state index contributed by atoms with van der Waals surface area (Å²) in [6.45, 7) is 8.32. The lowest BCUT2D eigenvalue weighted by Gasteiger charge is -2.60. The quantitative estimate of drug-likeness (QED) is 0.258. The Hall–Kier alpha value is -1.13. The average Bonchev–Trinajstić information content (AvgIpc) is 3.07. The molecule has 8 heteroatoms. The molecule has 0 bridgehead atoms. The Kier molecular flexibility index (Phi) is 7.19. The van der Waals surface area contributed by atoms with Crippen molar-refractivity contribution in [1.82, 2.24) is 0 Å². The summed E-state index contributed by atoms with van der Waals surface area (Å²) in [6, 6.07) is 0. The number of rotatable bonds is 6. The van der Waals surface area contributed by atoms with Gasteiger partial charge in [-0.05, 0) is 100 Å². The second-order valence-corrected chi connectivity index (χ2v) is 13.5. The van der Waals surface area contributed by atoms with Gasteiger partial charge in [-0.3, -0.25) is 4.79 Å². The van der Waals surface area contributed by atoms with Gasteiger partial charge in [-0.2, -0.15) is 0 Å². The molecule has 10 atom stereocenters. The second kappa shape index (κ2) is 9.22. The van der Waals surface area contributed by atoms with Crippen LogP contribution < -0.4 is 0 Å². The standard InChI is InChI=1S/C29H46O8/c1-25(2,35)16(8-11-30)12-24(34)28(5,36)23-7-10-29(37)18-13-20(31)19-14-21(32)22(33)15-26(19,3)17(18)6-9-27(23,29)4/h8,13,17,19,21-24,30,32-37H,6-7,9-12,14-15H2,1-5H3/b16-8-/t17-,19-,21+,22-,23-,24+,26+,27+,28+,29+/m0/s1. The number of aliphatic hydroxyl groups is 7. The summed E-state index contributed by atoms with van der Waals surface area (Å²) in [5.41, 5.74) is -4.55. The monoisotopic (exact) mass is 522 g/mol. The highest BCUT2D eigenvalue weighted by molar-refractivity contribution is 5.95. The van der Waals surface area contributed by atoms with Gasteiger partial charge in [-0.1, -0.05) is 19.9 Å². The molecule has 0 heterocycles. The number of fused-ring (bicyclic) bond motifs is 5. The second-order valence-electron chi connectivity index (χ2n) is 13.5. The topological polar surface area (TPSA) is 159 Å². The van der Waals surface area contributed by atoms with Crippen LogP contribution in [0.5, 0.6) is 0 Å². The van der Waals surface area contributed by atoms with E-state index in [1.54, 1.807) is 26.8 Å². The number of ketones is 1.